The van der Waals surface area contributed by atoms with Gasteiger partial charge in [0.15, 0.2) is 0 Å². The van der Waals surface area contributed by atoms with Crippen LogP contribution >= 0.6 is 11.6 Å². The molecule has 0 radical (unpaired) electrons. The van der Waals surface area contributed by atoms with Crippen molar-refractivity contribution in [1.29, 1.82) is 0 Å². The van der Waals surface area contributed by atoms with Crippen LogP contribution in [0.2, 0.25) is 5.02 Å². The number of hydrogen-bond donors (Lipinski definition) is 2. The van der Waals surface area contributed by atoms with E-state index in [0.717, 1.165) is 5.69 Å². The topological polar surface area (TPSA) is 49.8 Å². The Kier molecular flexibility index (Phi) is 5.14. The van der Waals surface area contributed by atoms with E-state index in [-0.39, 0.29) is 5.02 Å². The Morgan fingerprint density at radius 2 is 1.76 bits per heavy atom. The maximum absolute atomic E-state index is 13.3. The molecule has 2 N–H and O–H groups in total. The van der Waals surface area contributed by atoms with Gasteiger partial charge < -0.3 is 10.6 Å². The Morgan fingerprint density at radius 3 is 2.48 bits per heavy atom. The van der Waals surface area contributed by atoms with E-state index >= 15 is 0 Å². The zero-order valence-corrected chi connectivity index (χ0v) is 14.7. The van der Waals surface area contributed by atoms with Crippen LogP contribution in [0.15, 0.2) is 48.5 Å². The van der Waals surface area contributed by atoms with Crippen molar-refractivity contribution in [2.24, 2.45) is 0 Å². The first-order valence-corrected chi connectivity index (χ1v) is 8.24. The third-order valence-electron chi connectivity index (χ3n) is 3.62. The first kappa shape index (κ1) is 17.2. The Hall–Kier alpha value is -2.66. The highest BCUT2D eigenvalue weighted by Crippen LogP contribution is 2.22. The van der Waals surface area contributed by atoms with E-state index in [9.17, 15) is 4.39 Å². The average molecular weight is 357 g/mol. The summed E-state index contributed by atoms with van der Waals surface area (Å²) in [6, 6.07) is 14.6. The SMILES string of the molecule is Cc1ccc(CNc2cc(C)nc(Nc3ccc(F)c(Cl)c3)n2)cc1. The largest absolute Gasteiger partial charge is 0.366 e. The molecule has 128 valence electrons. The van der Waals surface area contributed by atoms with Crippen LogP contribution in [0, 0.1) is 19.7 Å². The van der Waals surface area contributed by atoms with Crippen molar-refractivity contribution < 1.29 is 4.39 Å². The predicted molar refractivity (Wildman–Crippen MR) is 100.0 cm³/mol. The molecule has 0 bridgehead atoms. The number of rotatable bonds is 5. The van der Waals surface area contributed by atoms with Crippen molar-refractivity contribution in [3.63, 3.8) is 0 Å². The predicted octanol–water partition coefficient (Wildman–Crippen LogP) is 5.24. The second-order valence-corrected chi connectivity index (χ2v) is 6.22. The Balaban J connectivity index is 1.73. The maximum Gasteiger partial charge on any atom is 0.229 e. The van der Waals surface area contributed by atoms with E-state index in [1.54, 1.807) is 6.07 Å². The molecule has 0 saturated carbocycles. The van der Waals surface area contributed by atoms with Gasteiger partial charge >= 0.3 is 0 Å². The molecule has 0 spiro atoms. The molecule has 0 aliphatic carbocycles. The van der Waals surface area contributed by atoms with Gasteiger partial charge in [-0.05, 0) is 37.6 Å². The summed E-state index contributed by atoms with van der Waals surface area (Å²) < 4.78 is 13.3. The number of hydrogen-bond acceptors (Lipinski definition) is 4. The van der Waals surface area contributed by atoms with E-state index < -0.39 is 5.82 Å². The van der Waals surface area contributed by atoms with Gasteiger partial charge in [-0.15, -0.1) is 0 Å². The third-order valence-corrected chi connectivity index (χ3v) is 3.91. The van der Waals surface area contributed by atoms with E-state index in [1.165, 1.54) is 23.3 Å². The smallest absolute Gasteiger partial charge is 0.229 e. The molecule has 1 aromatic heterocycles. The summed E-state index contributed by atoms with van der Waals surface area (Å²) >= 11 is 5.80. The second kappa shape index (κ2) is 7.49. The van der Waals surface area contributed by atoms with E-state index in [0.29, 0.717) is 24.0 Å². The highest BCUT2D eigenvalue weighted by atomic mass is 35.5. The minimum absolute atomic E-state index is 0.0513. The molecule has 0 atom stereocenters. The number of nitrogens with one attached hydrogen (secondary N) is 2. The van der Waals surface area contributed by atoms with Crippen molar-refractivity contribution in [2.45, 2.75) is 20.4 Å². The first-order valence-electron chi connectivity index (χ1n) is 7.87. The molecule has 3 aromatic rings. The summed E-state index contributed by atoms with van der Waals surface area (Å²) in [5.74, 6) is 0.677. The van der Waals surface area contributed by atoms with Crippen molar-refractivity contribution in [2.75, 3.05) is 10.6 Å². The van der Waals surface area contributed by atoms with E-state index in [4.69, 9.17) is 11.6 Å². The molecule has 0 aliphatic heterocycles. The Labute approximate surface area is 151 Å². The third kappa shape index (κ3) is 4.67. The van der Waals surface area contributed by atoms with Crippen molar-refractivity contribution >= 4 is 29.1 Å². The lowest BCUT2D eigenvalue weighted by Gasteiger charge is -2.10. The molecular weight excluding hydrogens is 339 g/mol. The van der Waals surface area contributed by atoms with Gasteiger partial charge in [0.05, 0.1) is 5.02 Å². The normalized spacial score (nSPS) is 10.6. The zero-order valence-electron chi connectivity index (χ0n) is 14.0. The van der Waals surface area contributed by atoms with Gasteiger partial charge in [0, 0.05) is 24.0 Å². The minimum Gasteiger partial charge on any atom is -0.366 e. The zero-order chi connectivity index (χ0) is 17.8. The summed E-state index contributed by atoms with van der Waals surface area (Å²) in [4.78, 5) is 8.79. The minimum atomic E-state index is -0.460. The van der Waals surface area contributed by atoms with Crippen LogP contribution in [0.1, 0.15) is 16.8 Å². The van der Waals surface area contributed by atoms with E-state index in [2.05, 4.69) is 51.8 Å². The maximum atomic E-state index is 13.3. The summed E-state index contributed by atoms with van der Waals surface area (Å²) in [5.41, 5.74) is 3.84. The second-order valence-electron chi connectivity index (χ2n) is 5.81. The van der Waals surface area contributed by atoms with Crippen LogP contribution in [-0.4, -0.2) is 9.97 Å². The number of aromatic nitrogens is 2. The molecule has 1 heterocycles. The molecule has 0 saturated heterocycles. The number of nitrogens with zero attached hydrogens (tertiary/aromatic N) is 2. The van der Waals surface area contributed by atoms with Gasteiger partial charge in [-0.25, -0.2) is 9.37 Å². The van der Waals surface area contributed by atoms with Crippen LogP contribution < -0.4 is 10.6 Å². The summed E-state index contributed by atoms with van der Waals surface area (Å²) in [6.45, 7) is 4.62. The van der Waals surface area contributed by atoms with Crippen molar-refractivity contribution in [1.82, 2.24) is 9.97 Å². The molecule has 0 fully saturated rings. The molecule has 0 unspecified atom stereocenters. The molecule has 0 amide bonds. The standard InChI is InChI=1S/C19H18ClFN4/c1-12-3-5-14(6-4-12)11-22-18-9-13(2)23-19(25-18)24-15-7-8-17(21)16(20)10-15/h3-10H,11H2,1-2H3,(H2,22,23,24,25). The molecule has 0 aliphatic rings. The number of benzene rings is 2. The van der Waals surface area contributed by atoms with E-state index in [1.807, 2.05) is 13.0 Å². The van der Waals surface area contributed by atoms with Crippen molar-refractivity contribution in [3.8, 4) is 0 Å². The fourth-order valence-corrected chi connectivity index (χ4v) is 2.50. The lowest BCUT2D eigenvalue weighted by Crippen LogP contribution is -2.05. The van der Waals surface area contributed by atoms with Gasteiger partial charge in [-0.2, -0.15) is 4.98 Å². The fourth-order valence-electron chi connectivity index (χ4n) is 2.32. The fraction of sp³-hybridized carbons (Fsp3) is 0.158. The molecule has 2 aromatic carbocycles. The number of halogens is 2. The highest BCUT2D eigenvalue weighted by Gasteiger charge is 2.05. The molecule has 3 rings (SSSR count). The van der Waals surface area contributed by atoms with Gasteiger partial charge in [0.25, 0.3) is 0 Å². The summed E-state index contributed by atoms with van der Waals surface area (Å²) in [5, 5.41) is 6.39. The lowest BCUT2D eigenvalue weighted by molar-refractivity contribution is 0.628. The summed E-state index contributed by atoms with van der Waals surface area (Å²) in [6.07, 6.45) is 0. The van der Waals surface area contributed by atoms with Crippen LogP contribution in [0.4, 0.5) is 21.8 Å². The number of anilines is 3. The monoisotopic (exact) mass is 356 g/mol. The average Bonchev–Trinajstić information content (AvgIpc) is 2.57. The quantitative estimate of drug-likeness (QED) is 0.656. The van der Waals surface area contributed by atoms with Crippen LogP contribution in [-0.2, 0) is 6.54 Å². The van der Waals surface area contributed by atoms with Crippen molar-refractivity contribution in [3.05, 3.63) is 76.2 Å². The Bertz CT molecular complexity index is 881. The molecule has 6 heteroatoms. The van der Waals surface area contributed by atoms with Gasteiger partial charge in [0.2, 0.25) is 5.95 Å². The van der Waals surface area contributed by atoms with Gasteiger partial charge in [-0.1, -0.05) is 41.4 Å². The molecule has 25 heavy (non-hydrogen) atoms. The van der Waals surface area contributed by atoms with Crippen LogP contribution in [0.5, 0.6) is 0 Å². The van der Waals surface area contributed by atoms with Gasteiger partial charge in [0.1, 0.15) is 11.6 Å². The highest BCUT2D eigenvalue weighted by molar-refractivity contribution is 6.31. The van der Waals surface area contributed by atoms with Crippen LogP contribution in [0.25, 0.3) is 0 Å². The van der Waals surface area contributed by atoms with Crippen LogP contribution in [0.3, 0.4) is 0 Å². The lowest BCUT2D eigenvalue weighted by atomic mass is 10.1. The van der Waals surface area contributed by atoms with Gasteiger partial charge in [-0.3, -0.25) is 0 Å². The number of aryl methyl sites for hydroxylation is 2. The first-order chi connectivity index (χ1) is 12.0. The molecule has 4 nitrogen and oxygen atoms in total. The summed E-state index contributed by atoms with van der Waals surface area (Å²) in [7, 11) is 0. The Morgan fingerprint density at radius 1 is 1.00 bits per heavy atom. The molecular formula is C19H18ClFN4.